The Hall–Kier alpha value is -1.95. The van der Waals surface area contributed by atoms with Gasteiger partial charge >= 0.3 is 5.97 Å². The minimum absolute atomic E-state index is 0.0227. The summed E-state index contributed by atoms with van der Waals surface area (Å²) in [6, 6.07) is 6.97. The average Bonchev–Trinajstić information content (AvgIpc) is 2.32. The highest BCUT2D eigenvalue weighted by Gasteiger charge is 2.14. The molecule has 1 heterocycles. The van der Waals surface area contributed by atoms with Crippen LogP contribution in [-0.4, -0.2) is 16.1 Å². The van der Waals surface area contributed by atoms with E-state index < -0.39 is 11.8 Å². The molecular weight excluding hydrogens is 305 g/mol. The minimum Gasteiger partial charge on any atom is -0.478 e. The molecule has 2 aromatic rings. The Morgan fingerprint density at radius 2 is 2.17 bits per heavy atom. The number of benzene rings is 1. The van der Waals surface area contributed by atoms with E-state index >= 15 is 0 Å². The number of aromatic nitrogens is 1. The van der Waals surface area contributed by atoms with Crippen molar-refractivity contribution >= 4 is 21.9 Å². The Kier molecular flexibility index (Phi) is 3.57. The van der Waals surface area contributed by atoms with Gasteiger partial charge in [-0.05, 0) is 30.3 Å². The number of rotatable bonds is 3. The van der Waals surface area contributed by atoms with Gasteiger partial charge in [0.05, 0.1) is 0 Å². The van der Waals surface area contributed by atoms with E-state index in [9.17, 15) is 9.18 Å². The normalized spacial score (nSPS) is 10.1. The van der Waals surface area contributed by atoms with E-state index in [1.54, 1.807) is 6.07 Å². The lowest BCUT2D eigenvalue weighted by Crippen LogP contribution is -2.01. The Morgan fingerprint density at radius 1 is 1.39 bits per heavy atom. The van der Waals surface area contributed by atoms with E-state index in [4.69, 9.17) is 9.84 Å². The molecule has 18 heavy (non-hydrogen) atoms. The second-order valence-corrected chi connectivity index (χ2v) is 4.25. The Morgan fingerprint density at radius 3 is 2.83 bits per heavy atom. The molecule has 0 saturated heterocycles. The number of hydrogen-bond acceptors (Lipinski definition) is 3. The fourth-order valence-corrected chi connectivity index (χ4v) is 1.65. The first-order chi connectivity index (χ1) is 8.58. The van der Waals surface area contributed by atoms with Gasteiger partial charge in [0, 0.05) is 10.7 Å². The van der Waals surface area contributed by atoms with Gasteiger partial charge in [0.2, 0.25) is 0 Å². The third kappa shape index (κ3) is 2.65. The second kappa shape index (κ2) is 5.14. The van der Waals surface area contributed by atoms with Gasteiger partial charge in [-0.3, -0.25) is 0 Å². The Bertz CT molecular complexity index is 604. The number of hydrogen-bond donors (Lipinski definition) is 1. The highest BCUT2D eigenvalue weighted by atomic mass is 79.9. The molecule has 0 aliphatic heterocycles. The molecule has 92 valence electrons. The van der Waals surface area contributed by atoms with E-state index in [2.05, 4.69) is 20.9 Å². The fraction of sp³-hybridized carbons (Fsp3) is 0. The molecule has 0 amide bonds. The maximum Gasteiger partial charge on any atom is 0.339 e. The first-order valence-electron chi connectivity index (χ1n) is 4.89. The van der Waals surface area contributed by atoms with Crippen molar-refractivity contribution in [3.63, 3.8) is 0 Å². The van der Waals surface area contributed by atoms with Crippen LogP contribution < -0.4 is 4.74 Å². The van der Waals surface area contributed by atoms with Crippen molar-refractivity contribution in [3.05, 3.63) is 52.4 Å². The topological polar surface area (TPSA) is 59.4 Å². The smallest absolute Gasteiger partial charge is 0.339 e. The lowest BCUT2D eigenvalue weighted by molar-refractivity contribution is 0.0694. The zero-order valence-corrected chi connectivity index (χ0v) is 10.5. The molecule has 0 aliphatic rings. The van der Waals surface area contributed by atoms with Gasteiger partial charge in [0.25, 0.3) is 5.88 Å². The van der Waals surface area contributed by atoms with Crippen LogP contribution in [0.1, 0.15) is 10.4 Å². The molecule has 2 rings (SSSR count). The molecule has 0 aliphatic carbocycles. The Balaban J connectivity index is 2.42. The minimum atomic E-state index is -1.16. The van der Waals surface area contributed by atoms with Gasteiger partial charge in [0.1, 0.15) is 11.3 Å². The van der Waals surface area contributed by atoms with E-state index in [1.807, 2.05) is 0 Å². The Labute approximate surface area is 110 Å². The van der Waals surface area contributed by atoms with Crippen molar-refractivity contribution in [3.8, 4) is 11.6 Å². The molecule has 0 unspecified atom stereocenters. The quantitative estimate of drug-likeness (QED) is 0.943. The van der Waals surface area contributed by atoms with E-state index in [1.165, 1.54) is 30.5 Å². The first-order valence-corrected chi connectivity index (χ1v) is 5.68. The molecule has 1 N–H and O–H groups in total. The molecule has 0 spiro atoms. The molecule has 0 atom stereocenters. The maximum atomic E-state index is 13.4. The summed E-state index contributed by atoms with van der Waals surface area (Å²) in [5, 5.41) is 8.99. The summed E-state index contributed by atoms with van der Waals surface area (Å²) in [6.07, 6.45) is 1.36. The SMILES string of the molecule is O=C(O)c1ccc(Br)cc1Oc1ncccc1F. The predicted octanol–water partition coefficient (Wildman–Crippen LogP) is 3.47. The lowest BCUT2D eigenvalue weighted by atomic mass is 10.2. The largest absolute Gasteiger partial charge is 0.478 e. The number of carboxylic acids is 1. The molecule has 4 nitrogen and oxygen atoms in total. The third-order valence-electron chi connectivity index (χ3n) is 2.11. The van der Waals surface area contributed by atoms with E-state index in [0.29, 0.717) is 4.47 Å². The number of aromatic carboxylic acids is 1. The van der Waals surface area contributed by atoms with Crippen LogP contribution in [0.5, 0.6) is 11.6 Å². The van der Waals surface area contributed by atoms with Crippen molar-refractivity contribution in [1.29, 1.82) is 0 Å². The first kappa shape index (κ1) is 12.5. The predicted molar refractivity (Wildman–Crippen MR) is 65.4 cm³/mol. The summed E-state index contributed by atoms with van der Waals surface area (Å²) in [5.74, 6) is -2.06. The summed E-state index contributed by atoms with van der Waals surface area (Å²) < 4.78 is 19.2. The van der Waals surface area contributed by atoms with Crippen LogP contribution in [0.4, 0.5) is 4.39 Å². The van der Waals surface area contributed by atoms with Gasteiger partial charge in [-0.1, -0.05) is 15.9 Å². The number of carboxylic acid groups (broad SMARTS) is 1. The number of ether oxygens (including phenoxy) is 1. The monoisotopic (exact) mass is 311 g/mol. The van der Waals surface area contributed by atoms with Crippen LogP contribution in [0.3, 0.4) is 0 Å². The molecule has 0 radical (unpaired) electrons. The highest BCUT2D eigenvalue weighted by Crippen LogP contribution is 2.28. The number of nitrogens with zero attached hydrogens (tertiary/aromatic N) is 1. The average molecular weight is 312 g/mol. The molecule has 1 aromatic heterocycles. The number of carbonyl (C=O) groups is 1. The molecule has 0 bridgehead atoms. The molecule has 6 heteroatoms. The molecule has 0 saturated carbocycles. The summed E-state index contributed by atoms with van der Waals surface area (Å²) in [4.78, 5) is 14.7. The second-order valence-electron chi connectivity index (χ2n) is 3.34. The maximum absolute atomic E-state index is 13.4. The van der Waals surface area contributed by atoms with Gasteiger partial charge in [0.15, 0.2) is 5.82 Å². The zero-order chi connectivity index (χ0) is 13.1. The van der Waals surface area contributed by atoms with Crippen molar-refractivity contribution in [2.45, 2.75) is 0 Å². The van der Waals surface area contributed by atoms with Gasteiger partial charge in [-0.15, -0.1) is 0 Å². The lowest BCUT2D eigenvalue weighted by Gasteiger charge is -2.08. The van der Waals surface area contributed by atoms with Crippen LogP contribution >= 0.6 is 15.9 Å². The van der Waals surface area contributed by atoms with Crippen LogP contribution in [0.15, 0.2) is 41.0 Å². The number of pyridine rings is 1. The summed E-state index contributed by atoms with van der Waals surface area (Å²) in [6.45, 7) is 0. The van der Waals surface area contributed by atoms with Crippen molar-refractivity contribution in [1.82, 2.24) is 4.98 Å². The standard InChI is InChI=1S/C12H7BrFNO3/c13-7-3-4-8(12(16)17)10(6-7)18-11-9(14)2-1-5-15-11/h1-6H,(H,16,17). The van der Waals surface area contributed by atoms with E-state index in [0.717, 1.165) is 0 Å². The summed E-state index contributed by atoms with van der Waals surface area (Å²) >= 11 is 3.19. The highest BCUT2D eigenvalue weighted by molar-refractivity contribution is 9.10. The molecule has 0 fully saturated rings. The summed E-state index contributed by atoms with van der Waals surface area (Å²) in [7, 11) is 0. The van der Waals surface area contributed by atoms with Crippen LogP contribution in [-0.2, 0) is 0 Å². The van der Waals surface area contributed by atoms with Gasteiger partial charge in [-0.2, -0.15) is 0 Å². The van der Waals surface area contributed by atoms with E-state index in [-0.39, 0.29) is 17.2 Å². The zero-order valence-electron chi connectivity index (χ0n) is 8.93. The van der Waals surface area contributed by atoms with Crippen LogP contribution in [0.2, 0.25) is 0 Å². The van der Waals surface area contributed by atoms with Gasteiger partial charge < -0.3 is 9.84 Å². The van der Waals surface area contributed by atoms with Crippen LogP contribution in [0, 0.1) is 5.82 Å². The third-order valence-corrected chi connectivity index (χ3v) is 2.60. The molecular formula is C12H7BrFNO3. The van der Waals surface area contributed by atoms with Gasteiger partial charge in [-0.25, -0.2) is 14.2 Å². The van der Waals surface area contributed by atoms with Crippen molar-refractivity contribution in [2.24, 2.45) is 0 Å². The number of halogens is 2. The summed E-state index contributed by atoms with van der Waals surface area (Å²) in [5.41, 5.74) is -0.0664. The van der Waals surface area contributed by atoms with Crippen LogP contribution in [0.25, 0.3) is 0 Å². The molecule has 1 aromatic carbocycles. The van der Waals surface area contributed by atoms with Crippen molar-refractivity contribution in [2.75, 3.05) is 0 Å². The fourth-order valence-electron chi connectivity index (χ4n) is 1.31. The van der Waals surface area contributed by atoms with Crippen molar-refractivity contribution < 1.29 is 19.0 Å².